The second-order valence-electron chi connectivity index (χ2n) is 14.4. The molecule has 266 valence electrons. The fourth-order valence-corrected chi connectivity index (χ4v) is 8.55. The summed E-state index contributed by atoms with van der Waals surface area (Å²) in [6.45, 7) is 4.60. The lowest BCUT2D eigenvalue weighted by Crippen LogP contribution is -2.41. The van der Waals surface area contributed by atoms with E-state index in [1.807, 2.05) is 0 Å². The second kappa shape index (κ2) is 14.5. The molecule has 0 aromatic heterocycles. The number of para-hydroxylation sites is 4. The van der Waals surface area contributed by atoms with Crippen LogP contribution in [-0.4, -0.2) is 6.04 Å². The van der Waals surface area contributed by atoms with E-state index in [9.17, 15) is 0 Å². The number of anilines is 8. The second-order valence-corrected chi connectivity index (χ2v) is 14.4. The molecule has 8 aromatic rings. The smallest absolute Gasteiger partial charge is 0.0743 e. The molecule has 0 N–H and O–H groups in total. The van der Waals surface area contributed by atoms with Crippen molar-refractivity contribution in [3.05, 3.63) is 241 Å². The van der Waals surface area contributed by atoms with Crippen molar-refractivity contribution in [1.29, 1.82) is 0 Å². The predicted octanol–water partition coefficient (Wildman–Crippen LogP) is 13.9. The van der Waals surface area contributed by atoms with Gasteiger partial charge in [-0.2, -0.15) is 0 Å². The summed E-state index contributed by atoms with van der Waals surface area (Å²) in [5, 5.41) is 0. The van der Waals surface area contributed by atoms with Gasteiger partial charge in [0.05, 0.1) is 5.41 Å². The van der Waals surface area contributed by atoms with Crippen LogP contribution >= 0.6 is 0 Å². The minimum Gasteiger partial charge on any atom is -0.338 e. The monoisotopic (exact) mass is 709 g/mol. The minimum absolute atomic E-state index is 0.192. The van der Waals surface area contributed by atoms with E-state index in [4.69, 9.17) is 0 Å². The van der Waals surface area contributed by atoms with Gasteiger partial charge in [-0.05, 0) is 121 Å². The first-order valence-corrected chi connectivity index (χ1v) is 19.1. The Morgan fingerprint density at radius 2 is 0.636 bits per heavy atom. The average Bonchev–Trinajstić information content (AvgIpc) is 3.25. The highest BCUT2D eigenvalue weighted by atomic mass is 15.2. The molecule has 55 heavy (non-hydrogen) atoms. The maximum atomic E-state index is 2.53. The fraction of sp³-hybridized carbons (Fsp3) is 0.0769. The van der Waals surface area contributed by atoms with Crippen LogP contribution < -0.4 is 14.7 Å². The molecule has 0 aliphatic carbocycles. The standard InChI is InChI=1S/C52H43N3/c1-39(2)53-50-35-33-46(54(42-25-13-5-14-26-42)43-27-15-6-16-28-43)37-48(50)52(40-21-9-3-10-22-40,41-23-11-4-12-24-41)49-38-47(34-36-51(49)53)55(44-29-17-7-18-30-44)45-31-19-8-20-32-45/h3-39H,1-2H3. The lowest BCUT2D eigenvalue weighted by atomic mass is 9.62. The molecule has 0 amide bonds. The summed E-state index contributed by atoms with van der Waals surface area (Å²) in [6.07, 6.45) is 0. The van der Waals surface area contributed by atoms with E-state index in [2.05, 4.69) is 247 Å². The summed E-state index contributed by atoms with van der Waals surface area (Å²) in [5.74, 6) is 0. The first-order valence-electron chi connectivity index (χ1n) is 19.1. The van der Waals surface area contributed by atoms with E-state index in [1.165, 1.54) is 33.6 Å². The summed E-state index contributed by atoms with van der Waals surface area (Å²) in [4.78, 5) is 7.28. The topological polar surface area (TPSA) is 9.72 Å². The summed E-state index contributed by atoms with van der Waals surface area (Å²) in [5.41, 5.74) is 13.3. The summed E-state index contributed by atoms with van der Waals surface area (Å²) < 4.78 is 0. The molecule has 0 fully saturated rings. The van der Waals surface area contributed by atoms with Crippen LogP contribution in [0, 0.1) is 0 Å². The summed E-state index contributed by atoms with van der Waals surface area (Å²) >= 11 is 0. The van der Waals surface area contributed by atoms with Gasteiger partial charge in [0.25, 0.3) is 0 Å². The third kappa shape index (κ3) is 5.95. The lowest BCUT2D eigenvalue weighted by Gasteiger charge is -2.48. The SMILES string of the molecule is CC(C)N1c2ccc(N(c3ccccc3)c3ccccc3)cc2C(c2ccccc2)(c2ccccc2)c2cc(N(c3ccccc3)c3ccccc3)ccc21. The van der Waals surface area contributed by atoms with Gasteiger partial charge in [0.2, 0.25) is 0 Å². The zero-order chi connectivity index (χ0) is 37.2. The van der Waals surface area contributed by atoms with Crippen molar-refractivity contribution in [1.82, 2.24) is 0 Å². The molecule has 1 aliphatic rings. The van der Waals surface area contributed by atoms with Crippen molar-refractivity contribution in [3.8, 4) is 0 Å². The van der Waals surface area contributed by atoms with Crippen LogP contribution in [0.4, 0.5) is 45.5 Å². The molecule has 0 bridgehead atoms. The van der Waals surface area contributed by atoms with Crippen LogP contribution in [0.25, 0.3) is 0 Å². The minimum atomic E-state index is -0.664. The van der Waals surface area contributed by atoms with E-state index in [0.717, 1.165) is 34.1 Å². The lowest BCUT2D eigenvalue weighted by molar-refractivity contribution is 0.688. The molecule has 8 aromatic carbocycles. The zero-order valence-electron chi connectivity index (χ0n) is 31.2. The highest BCUT2D eigenvalue weighted by molar-refractivity contribution is 5.89. The highest BCUT2D eigenvalue weighted by Crippen LogP contribution is 2.58. The van der Waals surface area contributed by atoms with Crippen molar-refractivity contribution in [3.63, 3.8) is 0 Å². The first-order chi connectivity index (χ1) is 27.1. The van der Waals surface area contributed by atoms with Gasteiger partial charge in [-0.25, -0.2) is 0 Å². The first kappa shape index (κ1) is 34.0. The Balaban J connectivity index is 1.39. The van der Waals surface area contributed by atoms with Gasteiger partial charge in [-0.1, -0.05) is 133 Å². The normalized spacial score (nSPS) is 12.8. The predicted molar refractivity (Wildman–Crippen MR) is 231 cm³/mol. The van der Waals surface area contributed by atoms with E-state index in [1.54, 1.807) is 0 Å². The third-order valence-electron chi connectivity index (χ3n) is 10.8. The average molecular weight is 710 g/mol. The van der Waals surface area contributed by atoms with Crippen molar-refractivity contribution < 1.29 is 0 Å². The molecule has 0 saturated heterocycles. The summed E-state index contributed by atoms with van der Waals surface area (Å²) in [6, 6.07) is 79.4. The molecule has 1 aliphatic heterocycles. The third-order valence-corrected chi connectivity index (χ3v) is 10.8. The molecule has 0 radical (unpaired) electrons. The van der Waals surface area contributed by atoms with Crippen LogP contribution in [0.15, 0.2) is 218 Å². The van der Waals surface area contributed by atoms with Crippen molar-refractivity contribution >= 4 is 45.5 Å². The number of fused-ring (bicyclic) bond motifs is 2. The molecule has 9 rings (SSSR count). The Hall–Kier alpha value is -6.84. The molecule has 0 atom stereocenters. The Morgan fingerprint density at radius 1 is 0.345 bits per heavy atom. The molecule has 3 heteroatoms. The number of benzene rings is 8. The number of hydrogen-bond acceptors (Lipinski definition) is 3. The van der Waals surface area contributed by atoms with Gasteiger partial charge < -0.3 is 14.7 Å². The van der Waals surface area contributed by atoms with Crippen LogP contribution in [0.5, 0.6) is 0 Å². The largest absolute Gasteiger partial charge is 0.338 e. The highest BCUT2D eigenvalue weighted by Gasteiger charge is 2.47. The van der Waals surface area contributed by atoms with E-state index in [-0.39, 0.29) is 6.04 Å². The Kier molecular flexibility index (Phi) is 8.97. The molecular formula is C52H43N3. The Labute approximate surface area is 325 Å². The number of nitrogens with zero attached hydrogens (tertiary/aromatic N) is 3. The zero-order valence-corrected chi connectivity index (χ0v) is 31.2. The molecular weight excluding hydrogens is 667 g/mol. The van der Waals surface area contributed by atoms with E-state index in [0.29, 0.717) is 0 Å². The molecule has 1 heterocycles. The Bertz CT molecular complexity index is 2250. The molecule has 0 saturated carbocycles. The fourth-order valence-electron chi connectivity index (χ4n) is 8.55. The van der Waals surface area contributed by atoms with Gasteiger partial charge >= 0.3 is 0 Å². The van der Waals surface area contributed by atoms with Crippen molar-refractivity contribution in [2.45, 2.75) is 25.3 Å². The van der Waals surface area contributed by atoms with Crippen LogP contribution in [0.1, 0.15) is 36.1 Å². The van der Waals surface area contributed by atoms with Crippen molar-refractivity contribution in [2.24, 2.45) is 0 Å². The van der Waals surface area contributed by atoms with Gasteiger partial charge in [0.15, 0.2) is 0 Å². The van der Waals surface area contributed by atoms with Crippen LogP contribution in [-0.2, 0) is 5.41 Å². The maximum Gasteiger partial charge on any atom is 0.0743 e. The van der Waals surface area contributed by atoms with Gasteiger partial charge in [-0.3, -0.25) is 0 Å². The molecule has 0 spiro atoms. The molecule has 3 nitrogen and oxygen atoms in total. The van der Waals surface area contributed by atoms with E-state index < -0.39 is 5.41 Å². The van der Waals surface area contributed by atoms with Crippen LogP contribution in [0.3, 0.4) is 0 Å². The van der Waals surface area contributed by atoms with Crippen LogP contribution in [0.2, 0.25) is 0 Å². The quantitative estimate of drug-likeness (QED) is 0.148. The number of hydrogen-bond donors (Lipinski definition) is 0. The van der Waals surface area contributed by atoms with Gasteiger partial charge in [-0.15, -0.1) is 0 Å². The van der Waals surface area contributed by atoms with Gasteiger partial charge in [0.1, 0.15) is 0 Å². The molecule has 0 unspecified atom stereocenters. The Morgan fingerprint density at radius 3 is 0.927 bits per heavy atom. The summed E-state index contributed by atoms with van der Waals surface area (Å²) in [7, 11) is 0. The number of rotatable bonds is 9. The van der Waals surface area contributed by atoms with Crippen molar-refractivity contribution in [2.75, 3.05) is 14.7 Å². The van der Waals surface area contributed by atoms with E-state index >= 15 is 0 Å². The van der Waals surface area contributed by atoms with Gasteiger partial charge in [0, 0.05) is 51.5 Å². The maximum absolute atomic E-state index is 2.53.